The summed E-state index contributed by atoms with van der Waals surface area (Å²) >= 11 is 0. The zero-order valence-corrected chi connectivity index (χ0v) is 25.2. The van der Waals surface area contributed by atoms with Crippen LogP contribution in [0, 0.1) is 0 Å². The molecule has 232 valence electrons. The van der Waals surface area contributed by atoms with Crippen molar-refractivity contribution in [1.82, 2.24) is 0 Å². The fourth-order valence-electron chi connectivity index (χ4n) is 4.80. The van der Waals surface area contributed by atoms with Crippen LogP contribution in [-0.2, 0) is 9.59 Å². The Kier molecular flexibility index (Phi) is 9.52. The van der Waals surface area contributed by atoms with Crippen molar-refractivity contribution in [2.75, 3.05) is 30.2 Å². The summed E-state index contributed by atoms with van der Waals surface area (Å²) in [5, 5.41) is 29.5. The number of hydrogen-bond donors (Lipinski definition) is 4. The lowest BCUT2D eigenvalue weighted by atomic mass is 10.0. The van der Waals surface area contributed by atoms with Crippen LogP contribution in [0.3, 0.4) is 0 Å². The zero-order valence-electron chi connectivity index (χ0n) is 25.2. The third kappa shape index (κ3) is 6.94. The summed E-state index contributed by atoms with van der Waals surface area (Å²) in [7, 11) is 2.91. The maximum absolute atomic E-state index is 13.4. The smallest absolute Gasteiger partial charge is 0.259 e. The van der Waals surface area contributed by atoms with Gasteiger partial charge >= 0.3 is 0 Å². The van der Waals surface area contributed by atoms with Crippen LogP contribution in [-0.4, -0.2) is 37.0 Å². The fourth-order valence-corrected chi connectivity index (χ4v) is 4.80. The number of methoxy groups -OCH3 is 2. The van der Waals surface area contributed by atoms with Crippen molar-refractivity contribution in [2.24, 2.45) is 10.2 Å². The number of carbonyl (C=O) groups excluding carboxylic acids is 3. The molecule has 1 aliphatic rings. The van der Waals surface area contributed by atoms with Crippen molar-refractivity contribution in [2.45, 2.75) is 12.8 Å². The highest BCUT2D eigenvalue weighted by molar-refractivity contribution is 6.12. The van der Waals surface area contributed by atoms with E-state index in [0.717, 1.165) is 18.9 Å². The highest BCUT2D eigenvalue weighted by atomic mass is 16.5. The summed E-state index contributed by atoms with van der Waals surface area (Å²) < 4.78 is 11.1. The van der Waals surface area contributed by atoms with Crippen molar-refractivity contribution < 1.29 is 29.0 Å². The highest BCUT2D eigenvalue weighted by Crippen LogP contribution is 2.43. The molecule has 0 aliphatic heterocycles. The number of anilines is 3. The summed E-state index contributed by atoms with van der Waals surface area (Å²) in [6.07, 6.45) is 8.40. The number of benzene rings is 4. The highest BCUT2D eigenvalue weighted by Gasteiger charge is 2.20. The Hall–Kier alpha value is -6.23. The Balaban J connectivity index is 1.48. The van der Waals surface area contributed by atoms with Gasteiger partial charge in [-0.3, -0.25) is 14.4 Å². The number of amides is 3. The zero-order chi connectivity index (χ0) is 32.6. The van der Waals surface area contributed by atoms with Crippen LogP contribution < -0.4 is 25.4 Å². The van der Waals surface area contributed by atoms with Gasteiger partial charge in [-0.05, 0) is 48.6 Å². The lowest BCUT2D eigenvalue weighted by Crippen LogP contribution is -2.15. The summed E-state index contributed by atoms with van der Waals surface area (Å²) in [6, 6.07) is 18.4. The topological polar surface area (TPSA) is 151 Å². The van der Waals surface area contributed by atoms with E-state index in [-0.39, 0.29) is 34.3 Å². The quantitative estimate of drug-likeness (QED) is 0.106. The molecule has 4 N–H and O–H groups in total. The number of aromatic hydroxyl groups is 1. The number of nitrogens with zero attached hydrogens (tertiary/aromatic N) is 2. The molecule has 0 spiro atoms. The van der Waals surface area contributed by atoms with Crippen LogP contribution in [0.25, 0.3) is 10.8 Å². The first kappa shape index (κ1) is 31.2. The van der Waals surface area contributed by atoms with Gasteiger partial charge in [-0.15, -0.1) is 10.2 Å². The molecule has 0 fully saturated rings. The van der Waals surface area contributed by atoms with Crippen molar-refractivity contribution in [3.63, 3.8) is 0 Å². The van der Waals surface area contributed by atoms with Crippen LogP contribution in [0.1, 0.15) is 23.2 Å². The van der Waals surface area contributed by atoms with Crippen LogP contribution in [0.4, 0.5) is 28.4 Å². The molecule has 11 nitrogen and oxygen atoms in total. The molecule has 5 rings (SSSR count). The third-order valence-electron chi connectivity index (χ3n) is 7.08. The first-order valence-corrected chi connectivity index (χ1v) is 14.3. The first-order chi connectivity index (χ1) is 22.3. The van der Waals surface area contributed by atoms with Gasteiger partial charge in [0.15, 0.2) is 5.75 Å². The van der Waals surface area contributed by atoms with E-state index in [1.54, 1.807) is 72.8 Å². The summed E-state index contributed by atoms with van der Waals surface area (Å²) in [5.74, 6) is -1.07. The van der Waals surface area contributed by atoms with Gasteiger partial charge in [-0.25, -0.2) is 0 Å². The molecule has 11 heteroatoms. The van der Waals surface area contributed by atoms with E-state index in [9.17, 15) is 19.5 Å². The number of phenols is 1. The predicted molar refractivity (Wildman–Crippen MR) is 178 cm³/mol. The van der Waals surface area contributed by atoms with E-state index in [0.29, 0.717) is 39.2 Å². The average Bonchev–Trinajstić information content (AvgIpc) is 3.08. The van der Waals surface area contributed by atoms with Gasteiger partial charge in [0, 0.05) is 34.5 Å². The number of fused-ring (bicyclic) bond motifs is 1. The van der Waals surface area contributed by atoms with E-state index >= 15 is 0 Å². The van der Waals surface area contributed by atoms with E-state index in [2.05, 4.69) is 32.8 Å². The summed E-state index contributed by atoms with van der Waals surface area (Å²) in [4.78, 5) is 37.9. The summed E-state index contributed by atoms with van der Waals surface area (Å²) in [6.45, 7) is 3.43. The standard InChI is InChI=1S/C35H31N5O6/c1-4-31(41)36-23-14-10-15-24(18-23)37-35(44)26-17-22-13-8-9-16-25(22)32(33(26)42)40-39-28-20-29(45-2)27(19-30(28)46-3)38-34(43)21-11-6-5-7-12-21/h4,6,8-20,42H,1,5,7H2,2-3H3,(H,36,41)(H,37,44)(H,38,43)/b40-39+. The lowest BCUT2D eigenvalue weighted by molar-refractivity contribution is -0.113. The van der Waals surface area contributed by atoms with Gasteiger partial charge in [-0.1, -0.05) is 55.1 Å². The Labute approximate surface area is 264 Å². The third-order valence-corrected chi connectivity index (χ3v) is 7.08. The number of phenolic OH excluding ortho intramolecular Hbond substituents is 1. The second-order valence-corrected chi connectivity index (χ2v) is 10.1. The molecule has 46 heavy (non-hydrogen) atoms. The molecule has 0 radical (unpaired) electrons. The van der Waals surface area contributed by atoms with Gasteiger partial charge in [0.05, 0.1) is 25.5 Å². The predicted octanol–water partition coefficient (Wildman–Crippen LogP) is 7.57. The molecule has 4 aromatic rings. The van der Waals surface area contributed by atoms with Crippen molar-refractivity contribution in [3.05, 3.63) is 109 Å². The number of azo groups is 1. The maximum Gasteiger partial charge on any atom is 0.259 e. The Morgan fingerprint density at radius 1 is 0.848 bits per heavy atom. The van der Waals surface area contributed by atoms with Gasteiger partial charge in [0.2, 0.25) is 5.91 Å². The minimum Gasteiger partial charge on any atom is -0.505 e. The molecular weight excluding hydrogens is 586 g/mol. The second-order valence-electron chi connectivity index (χ2n) is 10.1. The van der Waals surface area contributed by atoms with E-state index in [1.807, 2.05) is 12.2 Å². The molecule has 0 bridgehead atoms. The lowest BCUT2D eigenvalue weighted by Gasteiger charge is -2.15. The van der Waals surface area contributed by atoms with Crippen molar-refractivity contribution in [3.8, 4) is 17.2 Å². The molecular formula is C35H31N5O6. The number of rotatable bonds is 10. The number of ether oxygens (including phenoxy) is 2. The van der Waals surface area contributed by atoms with Crippen LogP contribution >= 0.6 is 0 Å². The van der Waals surface area contributed by atoms with Crippen molar-refractivity contribution in [1.29, 1.82) is 0 Å². The second kappa shape index (κ2) is 14.0. The van der Waals surface area contributed by atoms with Crippen LogP contribution in [0.2, 0.25) is 0 Å². The maximum atomic E-state index is 13.4. The molecule has 4 aromatic carbocycles. The molecule has 3 amide bonds. The summed E-state index contributed by atoms with van der Waals surface area (Å²) in [5.41, 5.74) is 2.05. The number of hydrogen-bond acceptors (Lipinski definition) is 8. The average molecular weight is 618 g/mol. The Morgan fingerprint density at radius 3 is 2.33 bits per heavy atom. The van der Waals surface area contributed by atoms with Crippen LogP contribution in [0.15, 0.2) is 113 Å². The molecule has 1 aliphatic carbocycles. The molecule has 0 saturated heterocycles. The Morgan fingerprint density at radius 2 is 1.61 bits per heavy atom. The van der Waals surface area contributed by atoms with Gasteiger partial charge in [0.25, 0.3) is 11.8 Å². The largest absolute Gasteiger partial charge is 0.505 e. The van der Waals surface area contributed by atoms with Crippen LogP contribution in [0.5, 0.6) is 17.2 Å². The Bertz CT molecular complexity index is 1950. The number of allylic oxidation sites excluding steroid dienone is 2. The fraction of sp³-hybridized carbons (Fsp3) is 0.114. The molecule has 0 saturated carbocycles. The molecule has 0 atom stereocenters. The van der Waals surface area contributed by atoms with Crippen molar-refractivity contribution >= 4 is 56.9 Å². The minimum atomic E-state index is -0.603. The van der Waals surface area contributed by atoms with Gasteiger partial charge < -0.3 is 30.5 Å². The molecule has 0 heterocycles. The SMILES string of the molecule is C=CC(=O)Nc1cccc(NC(=O)c2cc3ccccc3c(/N=N/c3cc(OC)c(NC(=O)C4=CCCC=C4)cc3OC)c2O)c1. The minimum absolute atomic E-state index is 0.0400. The van der Waals surface area contributed by atoms with Gasteiger partial charge in [0.1, 0.15) is 22.9 Å². The normalized spacial score (nSPS) is 12.3. The first-order valence-electron chi connectivity index (χ1n) is 14.3. The monoisotopic (exact) mass is 617 g/mol. The van der Waals surface area contributed by atoms with E-state index in [1.165, 1.54) is 14.2 Å². The van der Waals surface area contributed by atoms with E-state index < -0.39 is 11.8 Å². The number of carbonyl (C=O) groups is 3. The molecule has 0 aromatic heterocycles. The van der Waals surface area contributed by atoms with E-state index in [4.69, 9.17) is 9.47 Å². The number of nitrogens with one attached hydrogen (secondary N) is 3. The van der Waals surface area contributed by atoms with Gasteiger partial charge in [-0.2, -0.15) is 0 Å². The molecule has 0 unspecified atom stereocenters.